The van der Waals surface area contributed by atoms with E-state index in [-0.39, 0.29) is 30.3 Å². The third kappa shape index (κ3) is 3.98. The molecule has 7 heteroatoms. The zero-order chi connectivity index (χ0) is 19.5. The molecular weight excluding hydrogens is 356 g/mol. The molecule has 2 aliphatic heterocycles. The lowest BCUT2D eigenvalue weighted by atomic mass is 10.0. The van der Waals surface area contributed by atoms with Crippen LogP contribution >= 0.6 is 0 Å². The van der Waals surface area contributed by atoms with Crippen LogP contribution in [0.15, 0.2) is 42.5 Å². The summed E-state index contributed by atoms with van der Waals surface area (Å²) >= 11 is 0. The summed E-state index contributed by atoms with van der Waals surface area (Å²) in [6, 6.07) is 13.2. The number of likely N-dealkylation sites (tertiary alicyclic amines) is 1. The minimum absolute atomic E-state index is 0.00397. The first-order valence-corrected chi connectivity index (χ1v) is 9.71. The number of carbonyl (C=O) groups is 2. The van der Waals surface area contributed by atoms with Crippen LogP contribution in [-0.4, -0.2) is 52.6 Å². The maximum Gasteiger partial charge on any atom is 0.233 e. The van der Waals surface area contributed by atoms with Crippen LogP contribution < -0.4 is 9.64 Å². The zero-order valence-corrected chi connectivity index (χ0v) is 16.0. The summed E-state index contributed by atoms with van der Waals surface area (Å²) in [5, 5.41) is 8.05. The highest BCUT2D eigenvalue weighted by atomic mass is 16.5. The van der Waals surface area contributed by atoms with Crippen LogP contribution in [0, 0.1) is 12.8 Å². The van der Waals surface area contributed by atoms with Gasteiger partial charge in [-0.1, -0.05) is 18.2 Å². The molecule has 146 valence electrons. The Hall–Kier alpha value is -2.96. The Morgan fingerprint density at radius 1 is 1.11 bits per heavy atom. The normalized spacial score (nSPS) is 22.4. The van der Waals surface area contributed by atoms with Crippen molar-refractivity contribution in [3.63, 3.8) is 0 Å². The van der Waals surface area contributed by atoms with E-state index < -0.39 is 0 Å². The fourth-order valence-electron chi connectivity index (χ4n) is 3.84. The SMILES string of the molecule is Cc1ccc(OC2CCCN(C(=O)C3CC(=O)N(c4ccccc4)C3)C2)nn1. The molecule has 0 bridgehead atoms. The monoisotopic (exact) mass is 380 g/mol. The van der Waals surface area contributed by atoms with Crippen molar-refractivity contribution in [2.45, 2.75) is 32.3 Å². The highest BCUT2D eigenvalue weighted by Crippen LogP contribution is 2.27. The van der Waals surface area contributed by atoms with E-state index in [0.29, 0.717) is 25.5 Å². The largest absolute Gasteiger partial charge is 0.471 e. The Balaban J connectivity index is 1.38. The fourth-order valence-corrected chi connectivity index (χ4v) is 3.84. The average molecular weight is 380 g/mol. The number of aromatic nitrogens is 2. The Bertz CT molecular complexity index is 840. The van der Waals surface area contributed by atoms with Gasteiger partial charge in [-0.15, -0.1) is 5.10 Å². The standard InChI is InChI=1S/C21H24N4O3/c1-15-9-10-19(23-22-15)28-18-8-5-11-24(14-18)21(27)16-12-20(26)25(13-16)17-6-3-2-4-7-17/h2-4,6-7,9-10,16,18H,5,8,11-14H2,1H3. The number of amides is 2. The topological polar surface area (TPSA) is 75.6 Å². The number of rotatable bonds is 4. The number of hydrogen-bond acceptors (Lipinski definition) is 5. The first-order valence-electron chi connectivity index (χ1n) is 9.71. The molecule has 4 rings (SSSR count). The predicted molar refractivity (Wildman–Crippen MR) is 104 cm³/mol. The van der Waals surface area contributed by atoms with Gasteiger partial charge in [0.2, 0.25) is 17.7 Å². The molecule has 2 amide bonds. The minimum atomic E-state index is -0.300. The van der Waals surface area contributed by atoms with Crippen LogP contribution in [0.4, 0.5) is 5.69 Å². The molecule has 1 aromatic carbocycles. The summed E-state index contributed by atoms with van der Waals surface area (Å²) in [4.78, 5) is 29.0. The Labute approximate surface area is 164 Å². The van der Waals surface area contributed by atoms with Gasteiger partial charge < -0.3 is 14.5 Å². The molecule has 2 aromatic rings. The predicted octanol–water partition coefficient (Wildman–Crippen LogP) is 2.21. The number of aryl methyl sites for hydroxylation is 1. The molecular formula is C21H24N4O3. The van der Waals surface area contributed by atoms with E-state index in [2.05, 4.69) is 10.2 Å². The third-order valence-electron chi connectivity index (χ3n) is 5.29. The van der Waals surface area contributed by atoms with Gasteiger partial charge in [-0.3, -0.25) is 9.59 Å². The highest BCUT2D eigenvalue weighted by Gasteiger charge is 2.38. The Kier molecular flexibility index (Phi) is 5.23. The van der Waals surface area contributed by atoms with E-state index in [1.807, 2.05) is 48.2 Å². The molecule has 1 aromatic heterocycles. The maximum absolute atomic E-state index is 13.0. The molecule has 0 saturated carbocycles. The minimum Gasteiger partial charge on any atom is -0.471 e. The number of nitrogens with zero attached hydrogens (tertiary/aromatic N) is 4. The smallest absolute Gasteiger partial charge is 0.233 e. The lowest BCUT2D eigenvalue weighted by Gasteiger charge is -2.34. The van der Waals surface area contributed by atoms with Crippen LogP contribution in [-0.2, 0) is 9.59 Å². The van der Waals surface area contributed by atoms with Crippen molar-refractivity contribution in [3.8, 4) is 5.88 Å². The van der Waals surface area contributed by atoms with Crippen molar-refractivity contribution in [2.75, 3.05) is 24.5 Å². The van der Waals surface area contributed by atoms with Gasteiger partial charge in [0, 0.05) is 31.3 Å². The number of benzene rings is 1. The molecule has 2 unspecified atom stereocenters. The van der Waals surface area contributed by atoms with Crippen LogP contribution in [0.25, 0.3) is 0 Å². The van der Waals surface area contributed by atoms with Crippen LogP contribution in [0.5, 0.6) is 5.88 Å². The van der Waals surface area contributed by atoms with E-state index in [1.165, 1.54) is 0 Å². The van der Waals surface area contributed by atoms with Crippen LogP contribution in [0.2, 0.25) is 0 Å². The number of para-hydroxylation sites is 1. The second kappa shape index (κ2) is 7.96. The van der Waals surface area contributed by atoms with Gasteiger partial charge >= 0.3 is 0 Å². The number of piperidine rings is 1. The lowest BCUT2D eigenvalue weighted by molar-refractivity contribution is -0.138. The van der Waals surface area contributed by atoms with Gasteiger partial charge in [0.25, 0.3) is 0 Å². The van der Waals surface area contributed by atoms with Crippen molar-refractivity contribution in [1.82, 2.24) is 15.1 Å². The molecule has 0 spiro atoms. The van der Waals surface area contributed by atoms with Crippen molar-refractivity contribution < 1.29 is 14.3 Å². The summed E-state index contributed by atoms with van der Waals surface area (Å²) < 4.78 is 5.92. The van der Waals surface area contributed by atoms with E-state index in [1.54, 1.807) is 11.0 Å². The van der Waals surface area contributed by atoms with Crippen molar-refractivity contribution in [2.24, 2.45) is 5.92 Å². The second-order valence-electron chi connectivity index (χ2n) is 7.42. The van der Waals surface area contributed by atoms with Gasteiger partial charge in [0.1, 0.15) is 6.10 Å². The first kappa shape index (κ1) is 18.4. The molecule has 0 radical (unpaired) electrons. The third-order valence-corrected chi connectivity index (χ3v) is 5.29. The lowest BCUT2D eigenvalue weighted by Crippen LogP contribution is -2.47. The highest BCUT2D eigenvalue weighted by molar-refractivity contribution is 6.00. The Morgan fingerprint density at radius 2 is 1.93 bits per heavy atom. The number of ether oxygens (including phenoxy) is 1. The maximum atomic E-state index is 13.0. The molecule has 0 N–H and O–H groups in total. The summed E-state index contributed by atoms with van der Waals surface area (Å²) in [7, 11) is 0. The molecule has 7 nitrogen and oxygen atoms in total. The molecule has 28 heavy (non-hydrogen) atoms. The van der Waals surface area contributed by atoms with E-state index in [4.69, 9.17) is 4.74 Å². The second-order valence-corrected chi connectivity index (χ2v) is 7.42. The van der Waals surface area contributed by atoms with Gasteiger partial charge in [-0.25, -0.2) is 0 Å². The quantitative estimate of drug-likeness (QED) is 0.813. The first-order chi connectivity index (χ1) is 13.6. The van der Waals surface area contributed by atoms with Gasteiger partial charge in [-0.05, 0) is 38.0 Å². The van der Waals surface area contributed by atoms with E-state index >= 15 is 0 Å². The van der Waals surface area contributed by atoms with E-state index in [0.717, 1.165) is 24.2 Å². The van der Waals surface area contributed by atoms with Crippen molar-refractivity contribution >= 4 is 17.5 Å². The van der Waals surface area contributed by atoms with Crippen molar-refractivity contribution in [1.29, 1.82) is 0 Å². The molecule has 2 atom stereocenters. The molecule has 2 fully saturated rings. The number of carbonyl (C=O) groups excluding carboxylic acids is 2. The van der Waals surface area contributed by atoms with Crippen LogP contribution in [0.1, 0.15) is 25.0 Å². The van der Waals surface area contributed by atoms with Crippen molar-refractivity contribution in [3.05, 3.63) is 48.2 Å². The number of hydrogen-bond donors (Lipinski definition) is 0. The number of anilines is 1. The molecule has 0 aliphatic carbocycles. The zero-order valence-electron chi connectivity index (χ0n) is 16.0. The van der Waals surface area contributed by atoms with Gasteiger partial charge in [-0.2, -0.15) is 5.10 Å². The molecule has 3 heterocycles. The van der Waals surface area contributed by atoms with Crippen LogP contribution in [0.3, 0.4) is 0 Å². The van der Waals surface area contributed by atoms with E-state index in [9.17, 15) is 9.59 Å². The molecule has 2 aliphatic rings. The molecule has 2 saturated heterocycles. The van der Waals surface area contributed by atoms with Gasteiger partial charge in [0.05, 0.1) is 18.2 Å². The average Bonchev–Trinajstić information content (AvgIpc) is 3.12. The Morgan fingerprint density at radius 3 is 2.68 bits per heavy atom. The fraction of sp³-hybridized carbons (Fsp3) is 0.429. The summed E-state index contributed by atoms with van der Waals surface area (Å²) in [6.07, 6.45) is 1.91. The summed E-state index contributed by atoms with van der Waals surface area (Å²) in [5.74, 6) is 0.223. The van der Waals surface area contributed by atoms with Gasteiger partial charge in [0.15, 0.2) is 0 Å². The summed E-state index contributed by atoms with van der Waals surface area (Å²) in [5.41, 5.74) is 1.68. The summed E-state index contributed by atoms with van der Waals surface area (Å²) in [6.45, 7) is 3.53.